The van der Waals surface area contributed by atoms with Gasteiger partial charge in [0.1, 0.15) is 5.82 Å². The van der Waals surface area contributed by atoms with E-state index in [0.717, 1.165) is 38.0 Å². The molecule has 0 aliphatic carbocycles. The zero-order chi connectivity index (χ0) is 19.1. The maximum Gasteiger partial charge on any atom is 0.235 e. The highest BCUT2D eigenvalue weighted by molar-refractivity contribution is 5.99. The summed E-state index contributed by atoms with van der Waals surface area (Å²) >= 11 is 0. The summed E-state index contributed by atoms with van der Waals surface area (Å²) in [6.45, 7) is 2.73. The number of rotatable bonds is 7. The minimum atomic E-state index is -0.676. The summed E-state index contributed by atoms with van der Waals surface area (Å²) in [7, 11) is 0. The van der Waals surface area contributed by atoms with Gasteiger partial charge in [-0.1, -0.05) is 12.1 Å². The Kier molecular flexibility index (Phi) is 6.53. The lowest BCUT2D eigenvalue weighted by molar-refractivity contribution is -0.123. The van der Waals surface area contributed by atoms with E-state index >= 15 is 0 Å². The number of aliphatic hydroxyl groups excluding tert-OH is 1. The predicted molar refractivity (Wildman–Crippen MR) is 103 cm³/mol. The zero-order valence-electron chi connectivity index (χ0n) is 15.4. The number of piperidine rings is 1. The van der Waals surface area contributed by atoms with Crippen molar-refractivity contribution in [1.29, 1.82) is 0 Å². The number of pyridine rings is 1. The van der Waals surface area contributed by atoms with Crippen molar-refractivity contribution in [3.8, 4) is 0 Å². The molecule has 2 aromatic rings. The molecule has 0 unspecified atom stereocenters. The first-order valence-electron chi connectivity index (χ1n) is 9.45. The molecule has 1 fully saturated rings. The van der Waals surface area contributed by atoms with Gasteiger partial charge in [0.2, 0.25) is 5.91 Å². The zero-order valence-corrected chi connectivity index (χ0v) is 15.4. The maximum atomic E-state index is 13.4. The van der Waals surface area contributed by atoms with Crippen molar-refractivity contribution in [2.24, 2.45) is 0 Å². The Morgan fingerprint density at radius 2 is 1.78 bits per heavy atom. The van der Waals surface area contributed by atoms with Crippen LogP contribution in [-0.4, -0.2) is 47.1 Å². The molecule has 6 heteroatoms. The first-order valence-corrected chi connectivity index (χ1v) is 9.45. The van der Waals surface area contributed by atoms with Crippen molar-refractivity contribution in [2.45, 2.75) is 31.1 Å². The molecule has 1 aromatic heterocycles. The second-order valence-electron chi connectivity index (χ2n) is 7.05. The molecule has 0 bridgehead atoms. The summed E-state index contributed by atoms with van der Waals surface area (Å²) in [4.78, 5) is 19.6. The van der Waals surface area contributed by atoms with E-state index in [4.69, 9.17) is 5.11 Å². The number of aliphatic hydroxyl groups is 1. The van der Waals surface area contributed by atoms with Crippen molar-refractivity contribution in [1.82, 2.24) is 9.88 Å². The lowest BCUT2D eigenvalue weighted by Crippen LogP contribution is -2.49. The van der Waals surface area contributed by atoms with Crippen LogP contribution in [0.25, 0.3) is 0 Å². The molecule has 2 N–H and O–H groups in total. The minimum absolute atomic E-state index is 0.0599. The van der Waals surface area contributed by atoms with Crippen LogP contribution >= 0.6 is 0 Å². The molecule has 3 rings (SSSR count). The van der Waals surface area contributed by atoms with E-state index in [1.54, 1.807) is 36.7 Å². The Morgan fingerprint density at radius 1 is 1.11 bits per heavy atom. The van der Waals surface area contributed by atoms with Crippen molar-refractivity contribution in [3.63, 3.8) is 0 Å². The minimum Gasteiger partial charge on any atom is -0.396 e. The van der Waals surface area contributed by atoms with E-state index in [-0.39, 0.29) is 18.3 Å². The van der Waals surface area contributed by atoms with Crippen LogP contribution in [0.2, 0.25) is 0 Å². The number of nitrogens with zero attached hydrogens (tertiary/aromatic N) is 2. The molecule has 5 nitrogen and oxygen atoms in total. The molecule has 0 radical (unpaired) electrons. The quantitative estimate of drug-likeness (QED) is 0.735. The summed E-state index contributed by atoms with van der Waals surface area (Å²) < 4.78 is 13.4. The monoisotopic (exact) mass is 371 g/mol. The van der Waals surface area contributed by atoms with Gasteiger partial charge in [-0.25, -0.2) is 4.39 Å². The molecule has 1 aliphatic heterocycles. The lowest BCUT2D eigenvalue weighted by Gasteiger charge is -2.41. The summed E-state index contributed by atoms with van der Waals surface area (Å²) in [5.41, 5.74) is 0.886. The van der Waals surface area contributed by atoms with Crippen molar-refractivity contribution >= 4 is 11.6 Å². The van der Waals surface area contributed by atoms with Gasteiger partial charge in [0.05, 0.1) is 5.41 Å². The van der Waals surface area contributed by atoms with E-state index in [2.05, 4.69) is 15.2 Å². The van der Waals surface area contributed by atoms with Gasteiger partial charge in [0.25, 0.3) is 0 Å². The predicted octanol–water partition coefficient (Wildman–Crippen LogP) is 2.97. The number of unbranched alkanes of at least 4 members (excludes halogenated alkanes) is 1. The average molecular weight is 371 g/mol. The fourth-order valence-electron chi connectivity index (χ4n) is 3.71. The number of nitrogens with one attached hydrogen (secondary N) is 1. The summed E-state index contributed by atoms with van der Waals surface area (Å²) in [6, 6.07) is 9.82. The number of benzene rings is 1. The summed E-state index contributed by atoms with van der Waals surface area (Å²) in [6.07, 6.45) is 6.38. The van der Waals surface area contributed by atoms with Gasteiger partial charge in [-0.2, -0.15) is 0 Å². The topological polar surface area (TPSA) is 65.5 Å². The molecule has 1 amide bonds. The third-order valence-corrected chi connectivity index (χ3v) is 5.36. The van der Waals surface area contributed by atoms with Gasteiger partial charge in [-0.15, -0.1) is 0 Å². The van der Waals surface area contributed by atoms with Gasteiger partial charge in [0.15, 0.2) is 0 Å². The fraction of sp³-hybridized carbons (Fsp3) is 0.429. The van der Waals surface area contributed by atoms with E-state index in [1.165, 1.54) is 12.1 Å². The molecule has 1 saturated heterocycles. The number of hydrogen-bond acceptors (Lipinski definition) is 4. The van der Waals surface area contributed by atoms with E-state index in [9.17, 15) is 9.18 Å². The maximum absolute atomic E-state index is 13.4. The molecule has 144 valence electrons. The Bertz CT molecular complexity index is 729. The number of aromatic nitrogens is 1. The molecule has 1 aliphatic rings. The number of anilines is 1. The number of amides is 1. The van der Waals surface area contributed by atoms with Crippen molar-refractivity contribution < 1.29 is 14.3 Å². The second-order valence-corrected chi connectivity index (χ2v) is 7.05. The van der Waals surface area contributed by atoms with Gasteiger partial charge >= 0.3 is 0 Å². The average Bonchev–Trinajstić information content (AvgIpc) is 2.70. The number of carbonyl (C=O) groups is 1. The van der Waals surface area contributed by atoms with Crippen LogP contribution in [0.5, 0.6) is 0 Å². The van der Waals surface area contributed by atoms with Gasteiger partial charge in [-0.3, -0.25) is 9.78 Å². The van der Waals surface area contributed by atoms with Crippen LogP contribution in [-0.2, 0) is 10.2 Å². The first kappa shape index (κ1) is 19.5. The van der Waals surface area contributed by atoms with E-state index in [0.29, 0.717) is 18.5 Å². The lowest BCUT2D eigenvalue weighted by atomic mass is 9.72. The summed E-state index contributed by atoms with van der Waals surface area (Å²) in [5.74, 6) is -0.361. The molecule has 0 saturated carbocycles. The Hall–Kier alpha value is -2.31. The Labute approximate surface area is 159 Å². The van der Waals surface area contributed by atoms with Crippen LogP contribution in [0.4, 0.5) is 10.1 Å². The van der Waals surface area contributed by atoms with Crippen LogP contribution < -0.4 is 5.32 Å². The highest BCUT2D eigenvalue weighted by Gasteiger charge is 2.42. The van der Waals surface area contributed by atoms with Gasteiger partial charge in [-0.05, 0) is 75.1 Å². The number of likely N-dealkylation sites (tertiary alicyclic amines) is 1. The van der Waals surface area contributed by atoms with Crippen LogP contribution in [0.15, 0.2) is 48.8 Å². The van der Waals surface area contributed by atoms with Gasteiger partial charge in [0, 0.05) is 24.7 Å². The summed E-state index contributed by atoms with van der Waals surface area (Å²) in [5, 5.41) is 12.0. The van der Waals surface area contributed by atoms with Crippen molar-refractivity contribution in [3.05, 3.63) is 60.2 Å². The fourth-order valence-corrected chi connectivity index (χ4v) is 3.71. The van der Waals surface area contributed by atoms with Crippen molar-refractivity contribution in [2.75, 3.05) is 31.6 Å². The third kappa shape index (κ3) is 4.70. The van der Waals surface area contributed by atoms with Crippen LogP contribution in [0, 0.1) is 5.82 Å². The highest BCUT2D eigenvalue weighted by atomic mass is 19.1. The Balaban J connectivity index is 1.78. The normalized spacial score (nSPS) is 16.8. The second kappa shape index (κ2) is 9.06. The molecular weight excluding hydrogens is 345 g/mol. The molecule has 1 aromatic carbocycles. The molecule has 27 heavy (non-hydrogen) atoms. The number of carbonyl (C=O) groups excluding carboxylic acids is 1. The largest absolute Gasteiger partial charge is 0.396 e. The van der Waals surface area contributed by atoms with E-state index in [1.807, 2.05) is 0 Å². The number of hydrogen-bond donors (Lipinski definition) is 2. The molecule has 0 spiro atoms. The molecule has 2 heterocycles. The first-order chi connectivity index (χ1) is 13.1. The molecular formula is C21H26FN3O2. The van der Waals surface area contributed by atoms with E-state index < -0.39 is 5.41 Å². The standard InChI is InChI=1S/C21H26FN3O2/c22-18-5-3-17(4-6-18)21(20(27)24-19-7-11-23-12-8-19)9-14-25(15-10-21)13-1-2-16-26/h3-8,11-12,26H,1-2,9-10,13-16H2,(H,23,24,27). The van der Waals surface area contributed by atoms with Crippen LogP contribution in [0.1, 0.15) is 31.2 Å². The number of halogens is 1. The SMILES string of the molecule is O=C(Nc1ccncc1)C1(c2ccc(F)cc2)CCN(CCCCO)CC1. The third-order valence-electron chi connectivity index (χ3n) is 5.36. The molecule has 0 atom stereocenters. The highest BCUT2D eigenvalue weighted by Crippen LogP contribution is 2.37. The Morgan fingerprint density at radius 3 is 2.41 bits per heavy atom. The van der Waals surface area contributed by atoms with Gasteiger partial charge < -0.3 is 15.3 Å². The smallest absolute Gasteiger partial charge is 0.235 e. The van der Waals surface area contributed by atoms with Crippen LogP contribution in [0.3, 0.4) is 0 Å².